The fourth-order valence-corrected chi connectivity index (χ4v) is 3.06. The maximum atomic E-state index is 13.9. The zero-order valence-electron chi connectivity index (χ0n) is 18.6. The number of fused-ring (bicyclic) bond motifs is 3. The van der Waals surface area contributed by atoms with E-state index in [1.165, 1.54) is 35.0 Å². The first-order valence-electron chi connectivity index (χ1n) is 10.0. The summed E-state index contributed by atoms with van der Waals surface area (Å²) < 4.78 is 56.0. The largest absolute Gasteiger partial charge is 0.320 e. The molecule has 32 heavy (non-hydrogen) atoms. The minimum Gasteiger partial charge on any atom is -0.320 e. The van der Waals surface area contributed by atoms with Gasteiger partial charge in [0.1, 0.15) is 23.8 Å². The molecule has 170 valence electrons. The van der Waals surface area contributed by atoms with Crippen LogP contribution in [-0.4, -0.2) is 32.6 Å². The Kier molecular flexibility index (Phi) is 6.66. The van der Waals surface area contributed by atoms with Crippen LogP contribution in [-0.2, 0) is 0 Å². The third-order valence-corrected chi connectivity index (χ3v) is 4.11. The minimum absolute atomic E-state index is 0.0512. The molecule has 0 radical (unpaired) electrons. The molecule has 0 atom stereocenters. The quantitative estimate of drug-likeness (QED) is 0.344. The maximum absolute atomic E-state index is 13.9. The molecule has 4 rings (SSSR count). The Balaban J connectivity index is 0.000000523. The van der Waals surface area contributed by atoms with Gasteiger partial charge in [-0.3, -0.25) is 4.40 Å². The average molecular weight is 447 g/mol. The molecule has 0 unspecified atom stereocenters. The van der Waals surface area contributed by atoms with Gasteiger partial charge in [0.25, 0.3) is 12.2 Å². The van der Waals surface area contributed by atoms with E-state index in [1.807, 2.05) is 0 Å². The number of hydrogen-bond donors (Lipinski definition) is 0. The van der Waals surface area contributed by atoms with Gasteiger partial charge in [-0.15, -0.1) is 10.2 Å². The summed E-state index contributed by atoms with van der Waals surface area (Å²) in [5.74, 6) is -0.902. The van der Waals surface area contributed by atoms with Crippen molar-refractivity contribution in [2.45, 2.75) is 41.0 Å². The van der Waals surface area contributed by atoms with Gasteiger partial charge in [-0.2, -0.15) is 4.98 Å². The van der Waals surface area contributed by atoms with E-state index in [9.17, 15) is 17.6 Å². The zero-order chi connectivity index (χ0) is 23.6. The Morgan fingerprint density at radius 2 is 1.69 bits per heavy atom. The van der Waals surface area contributed by atoms with Crippen molar-refractivity contribution in [2.24, 2.45) is 5.41 Å². The summed E-state index contributed by atoms with van der Waals surface area (Å²) >= 11 is 0. The lowest BCUT2D eigenvalue weighted by Crippen LogP contribution is -2.25. The van der Waals surface area contributed by atoms with Gasteiger partial charge in [0, 0.05) is 11.1 Å². The highest BCUT2D eigenvalue weighted by Gasteiger charge is 2.22. The van der Waals surface area contributed by atoms with Gasteiger partial charge in [-0.25, -0.2) is 17.6 Å². The van der Waals surface area contributed by atoms with E-state index in [1.54, 1.807) is 13.0 Å². The molecule has 5 nitrogen and oxygen atoms in total. The van der Waals surface area contributed by atoms with E-state index >= 15 is 0 Å². The Morgan fingerprint density at radius 1 is 1.00 bits per heavy atom. The van der Waals surface area contributed by atoms with Gasteiger partial charge < -0.3 is 4.90 Å². The van der Waals surface area contributed by atoms with Crippen LogP contribution in [0.5, 0.6) is 0 Å². The second-order valence-electron chi connectivity index (χ2n) is 9.09. The molecule has 0 saturated carbocycles. The maximum Gasteiger partial charge on any atom is 0.257 e. The standard InChI is InChI=1S/C18H13F4N5.C5H12/c1-10-4-12(20)6-13(5-10)26(8-16(21)22)17-14-7-11(19)2-3-15(14)27-9-23-25-18(27)24-17;1-5(2,3)4/h2-7,9,16H,8H2,1H3;1-4H3. The number of alkyl halides is 2. The number of benzene rings is 2. The van der Waals surface area contributed by atoms with Crippen molar-refractivity contribution in [1.29, 1.82) is 0 Å². The van der Waals surface area contributed by atoms with Crippen LogP contribution in [0.25, 0.3) is 16.7 Å². The SMILES string of the molecule is CC(C)(C)C.Cc1cc(F)cc(N(CC(F)F)c2nc3nncn3c3ccc(F)cc23)c1. The van der Waals surface area contributed by atoms with E-state index in [0.717, 1.165) is 11.0 Å². The number of aryl methyl sites for hydroxylation is 1. The lowest BCUT2D eigenvalue weighted by Gasteiger charge is -2.25. The third-order valence-electron chi connectivity index (χ3n) is 4.11. The van der Waals surface area contributed by atoms with Crippen LogP contribution in [0.1, 0.15) is 33.3 Å². The molecular weight excluding hydrogens is 422 g/mol. The average Bonchev–Trinajstić information content (AvgIpc) is 3.11. The number of halogens is 4. The molecule has 0 fully saturated rings. The van der Waals surface area contributed by atoms with E-state index in [0.29, 0.717) is 16.5 Å². The molecule has 0 aliphatic carbocycles. The number of aromatic nitrogens is 4. The summed E-state index contributed by atoms with van der Waals surface area (Å²) in [6, 6.07) is 7.92. The topological polar surface area (TPSA) is 46.3 Å². The molecule has 0 aliphatic rings. The van der Waals surface area contributed by atoms with Crippen molar-refractivity contribution in [3.63, 3.8) is 0 Å². The smallest absolute Gasteiger partial charge is 0.257 e. The summed E-state index contributed by atoms with van der Waals surface area (Å²) in [5, 5.41) is 7.91. The predicted octanol–water partition coefficient (Wildman–Crippen LogP) is 6.32. The second-order valence-corrected chi connectivity index (χ2v) is 9.09. The molecule has 0 aliphatic heterocycles. The summed E-state index contributed by atoms with van der Waals surface area (Å²) in [6.07, 6.45) is -1.33. The van der Waals surface area contributed by atoms with Gasteiger partial charge >= 0.3 is 0 Å². The van der Waals surface area contributed by atoms with E-state index < -0.39 is 24.6 Å². The Hall–Kier alpha value is -3.23. The molecule has 2 aromatic carbocycles. The van der Waals surface area contributed by atoms with Gasteiger partial charge in [0.05, 0.1) is 12.1 Å². The number of hydrogen-bond acceptors (Lipinski definition) is 4. The Labute approximate surface area is 183 Å². The van der Waals surface area contributed by atoms with Crippen molar-refractivity contribution in [3.8, 4) is 0 Å². The predicted molar refractivity (Wildman–Crippen MR) is 118 cm³/mol. The van der Waals surface area contributed by atoms with Crippen LogP contribution >= 0.6 is 0 Å². The third kappa shape index (κ3) is 5.72. The lowest BCUT2D eigenvalue weighted by molar-refractivity contribution is 0.158. The van der Waals surface area contributed by atoms with Crippen molar-refractivity contribution in [3.05, 3.63) is 59.9 Å². The molecule has 2 aromatic heterocycles. The first-order chi connectivity index (χ1) is 14.9. The molecule has 9 heteroatoms. The van der Waals surface area contributed by atoms with E-state index in [-0.39, 0.29) is 22.7 Å². The van der Waals surface area contributed by atoms with Crippen LogP contribution in [0.3, 0.4) is 0 Å². The molecule has 2 heterocycles. The van der Waals surface area contributed by atoms with Crippen molar-refractivity contribution >= 4 is 28.2 Å². The molecule has 0 N–H and O–H groups in total. The Bertz CT molecular complexity index is 1200. The van der Waals surface area contributed by atoms with Gasteiger partial charge in [-0.1, -0.05) is 27.7 Å². The van der Waals surface area contributed by atoms with Crippen molar-refractivity contribution < 1.29 is 17.6 Å². The monoisotopic (exact) mass is 447 g/mol. The number of rotatable bonds is 4. The van der Waals surface area contributed by atoms with Crippen LogP contribution in [0, 0.1) is 24.0 Å². The van der Waals surface area contributed by atoms with Crippen LogP contribution in [0.4, 0.5) is 29.1 Å². The van der Waals surface area contributed by atoms with Crippen molar-refractivity contribution in [1.82, 2.24) is 19.6 Å². The highest BCUT2D eigenvalue weighted by Crippen LogP contribution is 2.33. The molecule has 0 saturated heterocycles. The minimum atomic E-state index is -2.73. The normalized spacial score (nSPS) is 11.7. The fourth-order valence-electron chi connectivity index (χ4n) is 3.06. The number of anilines is 2. The second kappa shape index (κ2) is 9.10. The Morgan fingerprint density at radius 3 is 2.31 bits per heavy atom. The van der Waals surface area contributed by atoms with Crippen LogP contribution < -0.4 is 4.90 Å². The van der Waals surface area contributed by atoms with Gasteiger partial charge in [0.15, 0.2) is 0 Å². The van der Waals surface area contributed by atoms with Gasteiger partial charge in [0.2, 0.25) is 0 Å². The van der Waals surface area contributed by atoms with E-state index in [2.05, 4.69) is 42.9 Å². The number of nitrogens with zero attached hydrogens (tertiary/aromatic N) is 5. The van der Waals surface area contributed by atoms with Crippen LogP contribution in [0.15, 0.2) is 42.7 Å². The molecule has 0 spiro atoms. The highest BCUT2D eigenvalue weighted by molar-refractivity contribution is 5.93. The van der Waals surface area contributed by atoms with Gasteiger partial charge in [-0.05, 0) is 54.3 Å². The lowest BCUT2D eigenvalue weighted by atomic mass is 10.0. The van der Waals surface area contributed by atoms with Crippen molar-refractivity contribution in [2.75, 3.05) is 11.4 Å². The molecule has 0 bridgehead atoms. The zero-order valence-corrected chi connectivity index (χ0v) is 18.6. The van der Waals surface area contributed by atoms with E-state index in [4.69, 9.17) is 0 Å². The molecule has 0 amide bonds. The summed E-state index contributed by atoms with van der Waals surface area (Å²) in [4.78, 5) is 5.45. The molecule has 4 aromatic rings. The van der Waals surface area contributed by atoms with Crippen LogP contribution in [0.2, 0.25) is 0 Å². The molecular formula is C23H25F4N5. The fraction of sp³-hybridized carbons (Fsp3) is 0.348. The summed E-state index contributed by atoms with van der Waals surface area (Å²) in [5.41, 5.74) is 1.74. The highest BCUT2D eigenvalue weighted by atomic mass is 19.3. The summed E-state index contributed by atoms with van der Waals surface area (Å²) in [6.45, 7) is 9.66. The first kappa shape index (κ1) is 23.4. The first-order valence-corrected chi connectivity index (χ1v) is 10.0. The summed E-state index contributed by atoms with van der Waals surface area (Å²) in [7, 11) is 0.